The Bertz CT molecular complexity index is 1700. The maximum absolute atomic E-state index is 13.0. The monoisotopic (exact) mass is 469 g/mol. The molecule has 0 spiro atoms. The number of thiophene rings is 1. The van der Waals surface area contributed by atoms with Gasteiger partial charge in [-0.1, -0.05) is 47.7 Å². The molecule has 0 saturated heterocycles. The summed E-state index contributed by atoms with van der Waals surface area (Å²) in [5.74, 6) is 4.34. The second-order valence-corrected chi connectivity index (χ2v) is 9.95. The van der Waals surface area contributed by atoms with Crippen molar-refractivity contribution < 1.29 is 25.2 Å². The van der Waals surface area contributed by atoms with Gasteiger partial charge in [0, 0.05) is 29.1 Å². The zero-order valence-corrected chi connectivity index (χ0v) is 18.4. The maximum atomic E-state index is 13.0. The molecule has 3 N–H and O–H groups in total. The lowest BCUT2D eigenvalue weighted by Gasteiger charge is -2.13. The number of aliphatic carboxylic acids is 1. The maximum Gasteiger partial charge on any atom is 0.322 e. The number of H-pyrrole nitrogens is 1. The van der Waals surface area contributed by atoms with E-state index >= 15 is 0 Å². The number of hydrogen-bond acceptors (Lipinski definition) is 4. The molecule has 8 heteroatoms. The number of aromatic nitrogens is 1. The number of rotatable bonds is 6. The molecule has 0 radical (unpaired) electrons. The van der Waals surface area contributed by atoms with Crippen LogP contribution in [0.15, 0.2) is 70.9 Å². The molecule has 0 amide bonds. The van der Waals surface area contributed by atoms with Gasteiger partial charge in [0.2, 0.25) is 0 Å². The van der Waals surface area contributed by atoms with E-state index in [-0.39, 0.29) is 26.8 Å². The van der Waals surface area contributed by atoms with Crippen LogP contribution in [-0.2, 0) is 21.2 Å². The number of carboxylic acid groups (broad SMARTS) is 1. The van der Waals surface area contributed by atoms with Crippen LogP contribution in [0.3, 0.4) is 0 Å². The number of sulfonamides is 1. The number of fused-ring (bicyclic) bond motifs is 1. The molecule has 162 valence electrons. The van der Waals surface area contributed by atoms with E-state index in [2.05, 4.69) is 21.5 Å². The van der Waals surface area contributed by atoms with Crippen LogP contribution in [0.2, 0.25) is 0 Å². The first-order chi connectivity index (χ1) is 17.4. The Hall–Kier alpha value is -3.38. The van der Waals surface area contributed by atoms with Crippen LogP contribution in [0.5, 0.6) is 0 Å². The molecule has 2 heterocycles. The summed E-state index contributed by atoms with van der Waals surface area (Å²) >= 11 is 0.877. The zero-order chi connectivity index (χ0) is 27.1. The first-order valence-electron chi connectivity index (χ1n) is 11.9. The molecular weight excluding hydrogens is 444 g/mol. The second kappa shape index (κ2) is 9.01. The van der Waals surface area contributed by atoms with Crippen molar-refractivity contribution in [3.05, 3.63) is 88.3 Å². The Morgan fingerprint density at radius 3 is 2.69 bits per heavy atom. The van der Waals surface area contributed by atoms with Gasteiger partial charge in [-0.3, -0.25) is 4.79 Å². The van der Waals surface area contributed by atoms with Gasteiger partial charge >= 0.3 is 5.97 Å². The highest BCUT2D eigenvalue weighted by Gasteiger charge is 2.27. The molecule has 6 nitrogen and oxygen atoms in total. The fraction of sp³-hybridized carbons (Fsp3) is 0.125. The SMILES string of the molecule is [2H]c1[nH]c2c([2H])c([2H])c([2H])c([2H])c2c1CC(NS(=O)(=O)c1ccc(C#Cc2ccc(C)cc2)s1)C(=O)O. The lowest BCUT2D eigenvalue weighted by atomic mass is 10.1. The van der Waals surface area contributed by atoms with Crippen LogP contribution in [0.1, 0.15) is 28.4 Å². The minimum Gasteiger partial charge on any atom is -0.480 e. The predicted octanol–water partition coefficient (Wildman–Crippen LogP) is 3.91. The fourth-order valence-corrected chi connectivity index (χ4v) is 5.28. The summed E-state index contributed by atoms with van der Waals surface area (Å²) in [6, 6.07) is 6.77. The number of aromatic amines is 1. The molecular formula is C24H20N2O4S2. The average molecular weight is 470 g/mol. The summed E-state index contributed by atoms with van der Waals surface area (Å²) in [6.07, 6.45) is -0.835. The number of carbonyl (C=O) groups is 1. The minimum atomic E-state index is -4.28. The van der Waals surface area contributed by atoms with E-state index < -0.39 is 52.6 Å². The summed E-state index contributed by atoms with van der Waals surface area (Å²) in [5.41, 5.74) is 1.76. The first-order valence-corrected chi connectivity index (χ1v) is 11.7. The van der Waals surface area contributed by atoms with E-state index in [4.69, 9.17) is 6.85 Å². The number of nitrogens with one attached hydrogen (secondary N) is 2. The number of carboxylic acids is 1. The second-order valence-electron chi connectivity index (χ2n) is 6.93. The lowest BCUT2D eigenvalue weighted by molar-refractivity contribution is -0.138. The Labute approximate surface area is 197 Å². The Morgan fingerprint density at radius 1 is 1.19 bits per heavy atom. The summed E-state index contributed by atoms with van der Waals surface area (Å²) in [4.78, 5) is 15.0. The topological polar surface area (TPSA) is 99.3 Å². The Morgan fingerprint density at radius 2 is 1.94 bits per heavy atom. The molecule has 0 fully saturated rings. The quantitative estimate of drug-likeness (QED) is 0.373. The third kappa shape index (κ3) is 4.92. The molecule has 0 saturated carbocycles. The summed E-state index contributed by atoms with van der Waals surface area (Å²) in [6.45, 7) is 1.95. The molecule has 0 aliphatic rings. The van der Waals surface area contributed by atoms with Gasteiger partial charge in [0.15, 0.2) is 0 Å². The van der Waals surface area contributed by atoms with Gasteiger partial charge in [-0.25, -0.2) is 8.42 Å². The molecule has 0 aliphatic carbocycles. The van der Waals surface area contributed by atoms with Crippen LogP contribution in [0, 0.1) is 18.8 Å². The molecule has 2 aromatic carbocycles. The van der Waals surface area contributed by atoms with E-state index in [0.29, 0.717) is 4.88 Å². The summed E-state index contributed by atoms with van der Waals surface area (Å²) in [5, 5.41) is 9.68. The van der Waals surface area contributed by atoms with Gasteiger partial charge in [-0.15, -0.1) is 11.3 Å². The molecule has 1 unspecified atom stereocenters. The lowest BCUT2D eigenvalue weighted by Crippen LogP contribution is -2.41. The van der Waals surface area contributed by atoms with Crippen molar-refractivity contribution in [2.75, 3.05) is 0 Å². The van der Waals surface area contributed by atoms with E-state index in [1.165, 1.54) is 12.1 Å². The molecule has 4 aromatic rings. The number of aryl methyl sites for hydroxylation is 1. The van der Waals surface area contributed by atoms with Crippen LogP contribution >= 0.6 is 11.3 Å². The van der Waals surface area contributed by atoms with E-state index in [1.54, 1.807) is 0 Å². The van der Waals surface area contributed by atoms with Crippen molar-refractivity contribution in [3.63, 3.8) is 0 Å². The highest BCUT2D eigenvalue weighted by Crippen LogP contribution is 2.23. The highest BCUT2D eigenvalue weighted by atomic mass is 32.2. The fourth-order valence-electron chi connectivity index (χ4n) is 2.92. The van der Waals surface area contributed by atoms with Gasteiger partial charge in [-0.05, 0) is 42.8 Å². The van der Waals surface area contributed by atoms with E-state index in [0.717, 1.165) is 22.5 Å². The molecule has 2 aromatic heterocycles. The van der Waals surface area contributed by atoms with Gasteiger partial charge in [0.05, 0.1) is 11.7 Å². The van der Waals surface area contributed by atoms with Crippen molar-refractivity contribution in [2.24, 2.45) is 0 Å². The first kappa shape index (κ1) is 16.3. The zero-order valence-electron chi connectivity index (χ0n) is 21.7. The van der Waals surface area contributed by atoms with Crippen LogP contribution in [0.25, 0.3) is 10.9 Å². The van der Waals surface area contributed by atoms with E-state index in [1.807, 2.05) is 31.2 Å². The Balaban J connectivity index is 1.62. The normalized spacial score (nSPS) is 14.5. The van der Waals surface area contributed by atoms with Crippen LogP contribution in [0.4, 0.5) is 0 Å². The van der Waals surface area contributed by atoms with Crippen molar-refractivity contribution in [3.8, 4) is 11.8 Å². The predicted molar refractivity (Wildman–Crippen MR) is 125 cm³/mol. The smallest absolute Gasteiger partial charge is 0.322 e. The van der Waals surface area contributed by atoms with Crippen molar-refractivity contribution in [1.82, 2.24) is 9.71 Å². The van der Waals surface area contributed by atoms with E-state index in [9.17, 15) is 18.3 Å². The van der Waals surface area contributed by atoms with Gasteiger partial charge in [0.1, 0.15) is 10.3 Å². The molecule has 0 bridgehead atoms. The number of para-hydroxylation sites is 1. The third-order valence-electron chi connectivity index (χ3n) is 4.56. The number of hydrogen-bond donors (Lipinski definition) is 3. The van der Waals surface area contributed by atoms with Crippen molar-refractivity contribution in [2.45, 2.75) is 23.6 Å². The van der Waals surface area contributed by atoms with Crippen molar-refractivity contribution in [1.29, 1.82) is 0 Å². The summed E-state index contributed by atoms with van der Waals surface area (Å²) in [7, 11) is -4.28. The third-order valence-corrected chi connectivity index (χ3v) is 7.52. The van der Waals surface area contributed by atoms with Gasteiger partial charge < -0.3 is 10.1 Å². The average Bonchev–Trinajstić information content (AvgIpc) is 3.46. The standard InChI is InChI=1S/C24H20N2O4S2/c1-16-6-8-17(9-7-16)10-11-19-12-13-23(31-19)32(29,30)26-22(24(27)28)14-18-15-25-21-5-3-2-4-20(18)21/h2-9,12-13,15,22,25-26H,14H2,1H3,(H,27,28)/i2D,3D,4D,5D,15D. The molecule has 32 heavy (non-hydrogen) atoms. The van der Waals surface area contributed by atoms with Crippen LogP contribution in [-0.4, -0.2) is 30.5 Å². The molecule has 4 rings (SSSR count). The highest BCUT2D eigenvalue weighted by molar-refractivity contribution is 7.91. The summed E-state index contributed by atoms with van der Waals surface area (Å²) < 4.78 is 68.0. The Kier molecular flexibility index (Phi) is 4.58. The minimum absolute atomic E-state index is 0.0343. The largest absolute Gasteiger partial charge is 0.480 e. The molecule has 0 aliphatic heterocycles. The van der Waals surface area contributed by atoms with Crippen molar-refractivity contribution >= 4 is 38.2 Å². The number of benzene rings is 2. The van der Waals surface area contributed by atoms with Gasteiger partial charge in [-0.2, -0.15) is 4.72 Å². The molecule has 1 atom stereocenters. The van der Waals surface area contributed by atoms with Gasteiger partial charge in [0.25, 0.3) is 10.0 Å². The van der Waals surface area contributed by atoms with Crippen LogP contribution < -0.4 is 4.72 Å².